The van der Waals surface area contributed by atoms with Crippen LogP contribution in [0.5, 0.6) is 5.75 Å². The minimum Gasteiger partial charge on any atom is -0.497 e. The van der Waals surface area contributed by atoms with Crippen molar-refractivity contribution in [3.8, 4) is 5.75 Å². The lowest BCUT2D eigenvalue weighted by Gasteiger charge is -2.30. The molecule has 4 rings (SSSR count). The minimum atomic E-state index is -0.963. The highest BCUT2D eigenvalue weighted by Crippen LogP contribution is 2.39. The van der Waals surface area contributed by atoms with Crippen molar-refractivity contribution in [2.45, 2.75) is 25.7 Å². The molecule has 176 valence electrons. The quantitative estimate of drug-likeness (QED) is 0.266. The maximum absolute atomic E-state index is 13.5. The van der Waals surface area contributed by atoms with Crippen LogP contribution in [-0.4, -0.2) is 52.1 Å². The molecular weight excluding hydrogens is 442 g/mol. The van der Waals surface area contributed by atoms with Gasteiger partial charge in [-0.1, -0.05) is 25.0 Å². The zero-order chi connectivity index (χ0) is 24.4. The number of hydrogen-bond acceptors (Lipinski definition) is 7. The number of nitrogens with zero attached hydrogens (tertiary/aromatic N) is 3. The number of imide groups is 1. The maximum atomic E-state index is 13.5. The number of hydrogen-bond donors (Lipinski definition) is 0. The van der Waals surface area contributed by atoms with Gasteiger partial charge in [-0.2, -0.15) is 5.01 Å². The van der Waals surface area contributed by atoms with E-state index in [4.69, 9.17) is 4.74 Å². The smallest absolute Gasteiger partial charge is 0.282 e. The van der Waals surface area contributed by atoms with E-state index >= 15 is 0 Å². The van der Waals surface area contributed by atoms with Crippen molar-refractivity contribution in [2.75, 3.05) is 13.7 Å². The third-order valence-electron chi connectivity index (χ3n) is 6.33. The summed E-state index contributed by atoms with van der Waals surface area (Å²) in [7, 11) is 1.48. The van der Waals surface area contributed by atoms with Crippen LogP contribution in [0, 0.1) is 22.0 Å². The van der Waals surface area contributed by atoms with Gasteiger partial charge in [-0.25, -0.2) is 5.01 Å². The molecule has 0 aromatic heterocycles. The lowest BCUT2D eigenvalue weighted by molar-refractivity contribution is -0.385. The van der Waals surface area contributed by atoms with Crippen LogP contribution >= 0.6 is 0 Å². The molecule has 0 unspecified atom stereocenters. The number of benzene rings is 2. The summed E-state index contributed by atoms with van der Waals surface area (Å²) in [5.74, 6) is -3.19. The standard InChI is InChI=1S/C24H23N3O7/c1-34-16-12-10-15(11-13-16)21(28)14-25(22(29)19-8-4-5-9-20(19)27(32)33)26-23(30)17-6-2-3-7-18(17)24(26)31/h4-5,8-13,17-18H,2-3,6-7,14H2,1H3/t17-,18-/m1/s1. The predicted octanol–water partition coefficient (Wildman–Crippen LogP) is 3.02. The third-order valence-corrected chi connectivity index (χ3v) is 6.33. The van der Waals surface area contributed by atoms with E-state index in [0.717, 1.165) is 28.9 Å². The summed E-state index contributed by atoms with van der Waals surface area (Å²) in [5.41, 5.74) is -0.561. The Bertz CT molecular complexity index is 1140. The van der Waals surface area contributed by atoms with Gasteiger partial charge in [0.15, 0.2) is 5.78 Å². The highest BCUT2D eigenvalue weighted by Gasteiger charge is 2.52. The molecule has 1 heterocycles. The predicted molar refractivity (Wildman–Crippen MR) is 119 cm³/mol. The van der Waals surface area contributed by atoms with Gasteiger partial charge in [0, 0.05) is 11.6 Å². The Balaban J connectivity index is 1.72. The first kappa shape index (κ1) is 23.1. The highest BCUT2D eigenvalue weighted by atomic mass is 16.6. The van der Waals surface area contributed by atoms with Gasteiger partial charge in [0.2, 0.25) is 0 Å². The number of fused-ring (bicyclic) bond motifs is 1. The molecule has 0 bridgehead atoms. The van der Waals surface area contributed by atoms with Gasteiger partial charge in [0.1, 0.15) is 17.9 Å². The van der Waals surface area contributed by atoms with Crippen molar-refractivity contribution in [3.05, 3.63) is 69.8 Å². The fourth-order valence-electron chi connectivity index (χ4n) is 4.57. The lowest BCUT2D eigenvalue weighted by Crippen LogP contribution is -2.52. The largest absolute Gasteiger partial charge is 0.497 e. The summed E-state index contributed by atoms with van der Waals surface area (Å²) in [5, 5.41) is 13.0. The average Bonchev–Trinajstić information content (AvgIpc) is 3.12. The maximum Gasteiger partial charge on any atom is 0.282 e. The molecule has 1 saturated carbocycles. The van der Waals surface area contributed by atoms with Crippen LogP contribution < -0.4 is 4.74 Å². The van der Waals surface area contributed by atoms with E-state index < -0.39 is 52.5 Å². The summed E-state index contributed by atoms with van der Waals surface area (Å²) in [4.78, 5) is 63.8. The van der Waals surface area contributed by atoms with E-state index in [2.05, 4.69) is 0 Å². The van der Waals surface area contributed by atoms with Crippen LogP contribution in [0.25, 0.3) is 0 Å². The number of Topliss-reactive ketones (excluding diaryl/α,β-unsaturated/α-hetero) is 1. The molecule has 1 saturated heterocycles. The topological polar surface area (TPSA) is 127 Å². The Labute approximate surface area is 195 Å². The number of nitro benzene ring substituents is 1. The van der Waals surface area contributed by atoms with Crippen LogP contribution in [-0.2, 0) is 9.59 Å². The normalized spacial score (nSPS) is 19.5. The fourth-order valence-corrected chi connectivity index (χ4v) is 4.57. The van der Waals surface area contributed by atoms with Crippen molar-refractivity contribution in [1.29, 1.82) is 0 Å². The number of hydrazine groups is 1. The summed E-state index contributed by atoms with van der Waals surface area (Å²) >= 11 is 0. The second-order valence-electron chi connectivity index (χ2n) is 8.27. The van der Waals surface area contributed by atoms with Crippen LogP contribution in [0.15, 0.2) is 48.5 Å². The number of para-hydroxylation sites is 1. The zero-order valence-electron chi connectivity index (χ0n) is 18.5. The molecule has 1 aliphatic heterocycles. The van der Waals surface area contributed by atoms with Gasteiger partial charge in [-0.3, -0.25) is 29.3 Å². The summed E-state index contributed by atoms with van der Waals surface area (Å²) in [6, 6.07) is 11.4. The zero-order valence-corrected chi connectivity index (χ0v) is 18.5. The molecule has 2 fully saturated rings. The number of nitro groups is 1. The van der Waals surface area contributed by atoms with Crippen LogP contribution in [0.3, 0.4) is 0 Å². The SMILES string of the molecule is COc1ccc(C(=O)CN(C(=O)c2ccccc2[N+](=O)[O-])N2C(=O)[C@@H]3CCCC[C@H]3C2=O)cc1. The molecule has 2 aliphatic rings. The number of carbonyl (C=O) groups excluding carboxylic acids is 4. The number of amides is 3. The molecular formula is C24H23N3O7. The van der Waals surface area contributed by atoms with Crippen LogP contribution in [0.2, 0.25) is 0 Å². The Hall–Kier alpha value is -4.08. The highest BCUT2D eigenvalue weighted by molar-refractivity contribution is 6.10. The number of ketones is 1. The molecule has 10 nitrogen and oxygen atoms in total. The molecule has 0 N–H and O–H groups in total. The van der Waals surface area contributed by atoms with Crippen LogP contribution in [0.1, 0.15) is 46.4 Å². The van der Waals surface area contributed by atoms with Crippen LogP contribution in [0.4, 0.5) is 5.69 Å². The first-order valence-electron chi connectivity index (χ1n) is 10.9. The molecule has 2 atom stereocenters. The summed E-state index contributed by atoms with van der Waals surface area (Å²) in [6.45, 7) is -0.631. The van der Waals surface area contributed by atoms with E-state index in [-0.39, 0.29) is 11.1 Å². The summed E-state index contributed by atoms with van der Waals surface area (Å²) in [6.07, 6.45) is 2.62. The Morgan fingerprint density at radius 3 is 2.18 bits per heavy atom. The third kappa shape index (κ3) is 4.14. The van der Waals surface area contributed by atoms with E-state index in [1.165, 1.54) is 37.4 Å². The first-order chi connectivity index (χ1) is 16.3. The molecule has 0 spiro atoms. The van der Waals surface area contributed by atoms with Gasteiger partial charge in [-0.05, 0) is 43.2 Å². The van der Waals surface area contributed by atoms with Gasteiger partial charge in [0.05, 0.1) is 23.9 Å². The van der Waals surface area contributed by atoms with Crippen molar-refractivity contribution in [2.24, 2.45) is 11.8 Å². The van der Waals surface area contributed by atoms with Crippen molar-refractivity contribution in [3.63, 3.8) is 0 Å². The molecule has 2 aromatic carbocycles. The van der Waals surface area contributed by atoms with Crippen molar-refractivity contribution in [1.82, 2.24) is 10.0 Å². The molecule has 0 radical (unpaired) electrons. The number of rotatable bonds is 7. The minimum absolute atomic E-state index is 0.234. The van der Waals surface area contributed by atoms with Gasteiger partial charge < -0.3 is 4.74 Å². The second kappa shape index (κ2) is 9.42. The van der Waals surface area contributed by atoms with E-state index in [1.807, 2.05) is 0 Å². The number of methoxy groups -OCH3 is 1. The fraction of sp³-hybridized carbons (Fsp3) is 0.333. The second-order valence-corrected chi connectivity index (χ2v) is 8.27. The summed E-state index contributed by atoms with van der Waals surface area (Å²) < 4.78 is 5.09. The van der Waals surface area contributed by atoms with E-state index in [1.54, 1.807) is 12.1 Å². The first-order valence-corrected chi connectivity index (χ1v) is 10.9. The Morgan fingerprint density at radius 2 is 1.62 bits per heavy atom. The molecule has 10 heteroatoms. The number of ether oxygens (including phenoxy) is 1. The Kier molecular flexibility index (Phi) is 6.40. The monoisotopic (exact) mass is 465 g/mol. The van der Waals surface area contributed by atoms with Gasteiger partial charge in [0.25, 0.3) is 23.4 Å². The molecule has 34 heavy (non-hydrogen) atoms. The van der Waals surface area contributed by atoms with Gasteiger partial charge in [-0.15, -0.1) is 0 Å². The van der Waals surface area contributed by atoms with E-state index in [9.17, 15) is 29.3 Å². The van der Waals surface area contributed by atoms with E-state index in [0.29, 0.717) is 18.6 Å². The number of carbonyl (C=O) groups is 4. The molecule has 1 aliphatic carbocycles. The molecule has 2 aromatic rings. The van der Waals surface area contributed by atoms with Gasteiger partial charge >= 0.3 is 0 Å². The van der Waals surface area contributed by atoms with Crippen molar-refractivity contribution >= 4 is 29.2 Å². The Morgan fingerprint density at radius 1 is 1.03 bits per heavy atom. The van der Waals surface area contributed by atoms with Crippen molar-refractivity contribution < 1.29 is 28.8 Å². The molecule has 3 amide bonds. The average molecular weight is 465 g/mol. The lowest BCUT2D eigenvalue weighted by atomic mass is 9.81.